The lowest BCUT2D eigenvalue weighted by Crippen LogP contribution is -1.89. The van der Waals surface area contributed by atoms with E-state index in [4.69, 9.17) is 0 Å². The second-order valence-corrected chi connectivity index (χ2v) is 3.88. The van der Waals surface area contributed by atoms with Crippen molar-refractivity contribution in [2.45, 2.75) is 6.92 Å². The van der Waals surface area contributed by atoms with Crippen molar-refractivity contribution in [3.63, 3.8) is 0 Å². The van der Waals surface area contributed by atoms with Crippen LogP contribution in [0.2, 0.25) is 0 Å². The van der Waals surface area contributed by atoms with Gasteiger partial charge in [0, 0.05) is 22.6 Å². The van der Waals surface area contributed by atoms with Crippen molar-refractivity contribution in [2.24, 2.45) is 0 Å². The maximum absolute atomic E-state index is 3.52. The van der Waals surface area contributed by atoms with Crippen molar-refractivity contribution < 1.29 is 0 Å². The van der Waals surface area contributed by atoms with Gasteiger partial charge in [-0.2, -0.15) is 0 Å². The first-order valence-electron chi connectivity index (χ1n) is 4.17. The van der Waals surface area contributed by atoms with Gasteiger partial charge in [-0.05, 0) is 36.8 Å². The van der Waals surface area contributed by atoms with E-state index in [0.717, 1.165) is 4.47 Å². The van der Waals surface area contributed by atoms with Gasteiger partial charge >= 0.3 is 0 Å². The minimum Gasteiger partial charge on any atom is -0.324 e. The molecule has 1 aromatic heterocycles. The lowest BCUT2D eigenvalue weighted by molar-refractivity contribution is 1.08. The van der Waals surface area contributed by atoms with Gasteiger partial charge in [0.05, 0.1) is 0 Å². The summed E-state index contributed by atoms with van der Waals surface area (Å²) in [6.45, 7) is 2.09. The van der Waals surface area contributed by atoms with Gasteiger partial charge in [-0.15, -0.1) is 0 Å². The Morgan fingerprint density at radius 3 is 2.46 bits per heavy atom. The van der Waals surface area contributed by atoms with E-state index < -0.39 is 0 Å². The van der Waals surface area contributed by atoms with Crippen LogP contribution in [0.1, 0.15) is 5.56 Å². The Morgan fingerprint density at radius 2 is 1.85 bits per heavy atom. The second kappa shape index (κ2) is 3.38. The Morgan fingerprint density at radius 1 is 1.15 bits per heavy atom. The van der Waals surface area contributed by atoms with Gasteiger partial charge in [-0.1, -0.05) is 22.0 Å². The Kier molecular flexibility index (Phi) is 2.23. The first-order valence-corrected chi connectivity index (χ1v) is 4.96. The maximum Gasteiger partial charge on any atom is 0.0460 e. The predicted octanol–water partition coefficient (Wildman–Crippen LogP) is 3.55. The third-order valence-corrected chi connectivity index (χ3v) is 2.91. The van der Waals surface area contributed by atoms with Crippen LogP contribution in [0.3, 0.4) is 0 Å². The zero-order valence-corrected chi connectivity index (χ0v) is 8.95. The van der Waals surface area contributed by atoms with Crippen LogP contribution >= 0.6 is 15.9 Å². The zero-order chi connectivity index (χ0) is 9.26. The number of hydrogen-bond donors (Lipinski definition) is 0. The summed E-state index contributed by atoms with van der Waals surface area (Å²) in [5.41, 5.74) is 2.44. The van der Waals surface area contributed by atoms with E-state index >= 15 is 0 Å². The number of rotatable bonds is 1. The lowest BCUT2D eigenvalue weighted by atomic mass is 10.2. The van der Waals surface area contributed by atoms with Crippen molar-refractivity contribution in [2.75, 3.05) is 0 Å². The molecule has 0 fully saturated rings. The number of benzene rings is 1. The normalized spacial score (nSPS) is 10.3. The minimum absolute atomic E-state index is 1.15. The molecule has 0 bridgehead atoms. The van der Waals surface area contributed by atoms with Crippen LogP contribution in [-0.2, 0) is 0 Å². The number of hydrogen-bond acceptors (Lipinski definition) is 0. The molecule has 2 aromatic rings. The van der Waals surface area contributed by atoms with Gasteiger partial charge in [0.2, 0.25) is 0 Å². The molecule has 1 nitrogen and oxygen atoms in total. The number of aromatic nitrogens is 1. The standard InChI is InChI=1S/C11H10BrN/c1-9-4-5-10(8-11(9)12)13-6-2-3-7-13/h2-8H,1H3. The molecular formula is C11H10BrN. The zero-order valence-electron chi connectivity index (χ0n) is 7.37. The SMILES string of the molecule is Cc1ccc(-n2cccc2)cc1Br. The smallest absolute Gasteiger partial charge is 0.0460 e. The molecule has 13 heavy (non-hydrogen) atoms. The van der Waals surface area contributed by atoms with Crippen LogP contribution in [-0.4, -0.2) is 4.57 Å². The molecule has 0 atom stereocenters. The summed E-state index contributed by atoms with van der Waals surface area (Å²) in [4.78, 5) is 0. The molecule has 0 saturated carbocycles. The molecule has 0 amide bonds. The Hall–Kier alpha value is -1.02. The first kappa shape index (κ1) is 8.57. The van der Waals surface area contributed by atoms with E-state index in [1.54, 1.807) is 0 Å². The molecule has 2 rings (SSSR count). The van der Waals surface area contributed by atoms with E-state index in [1.165, 1.54) is 11.3 Å². The van der Waals surface area contributed by atoms with Gasteiger partial charge in [-0.25, -0.2) is 0 Å². The first-order chi connectivity index (χ1) is 6.27. The summed E-state index contributed by atoms with van der Waals surface area (Å²) >= 11 is 3.52. The minimum atomic E-state index is 1.15. The molecule has 0 saturated heterocycles. The Balaban J connectivity index is 2.49. The third-order valence-electron chi connectivity index (χ3n) is 2.06. The van der Waals surface area contributed by atoms with Crippen LogP contribution in [0, 0.1) is 6.92 Å². The Labute approximate surface area is 86.1 Å². The highest BCUT2D eigenvalue weighted by Gasteiger charge is 1.97. The summed E-state index contributed by atoms with van der Waals surface area (Å²) in [5.74, 6) is 0. The summed E-state index contributed by atoms with van der Waals surface area (Å²) in [7, 11) is 0. The van der Waals surface area contributed by atoms with Gasteiger partial charge in [0.1, 0.15) is 0 Å². The molecule has 0 radical (unpaired) electrons. The van der Waals surface area contributed by atoms with E-state index in [0.29, 0.717) is 0 Å². The topological polar surface area (TPSA) is 4.93 Å². The molecule has 0 N–H and O–H groups in total. The van der Waals surface area contributed by atoms with E-state index in [-0.39, 0.29) is 0 Å². The van der Waals surface area contributed by atoms with E-state index in [9.17, 15) is 0 Å². The molecule has 0 aliphatic carbocycles. The molecule has 0 spiro atoms. The van der Waals surface area contributed by atoms with E-state index in [2.05, 4.69) is 45.6 Å². The summed E-state index contributed by atoms with van der Waals surface area (Å²) in [5, 5.41) is 0. The average Bonchev–Trinajstić information content (AvgIpc) is 2.62. The molecule has 0 aliphatic rings. The van der Waals surface area contributed by atoms with Gasteiger partial charge in [0.15, 0.2) is 0 Å². The largest absolute Gasteiger partial charge is 0.324 e. The Bertz CT molecular complexity index is 404. The predicted molar refractivity (Wildman–Crippen MR) is 58.2 cm³/mol. The van der Waals surface area contributed by atoms with Gasteiger partial charge in [0.25, 0.3) is 0 Å². The number of halogens is 1. The summed E-state index contributed by atoms with van der Waals surface area (Å²) in [6, 6.07) is 10.4. The van der Waals surface area contributed by atoms with Crippen molar-refractivity contribution in [3.8, 4) is 5.69 Å². The van der Waals surface area contributed by atoms with Crippen LogP contribution < -0.4 is 0 Å². The molecule has 2 heteroatoms. The van der Waals surface area contributed by atoms with Crippen LogP contribution in [0.25, 0.3) is 5.69 Å². The highest BCUT2D eigenvalue weighted by molar-refractivity contribution is 9.10. The van der Waals surface area contributed by atoms with Crippen LogP contribution in [0.5, 0.6) is 0 Å². The molecule has 66 valence electrons. The average molecular weight is 236 g/mol. The van der Waals surface area contributed by atoms with Crippen molar-refractivity contribution >= 4 is 15.9 Å². The third kappa shape index (κ3) is 1.68. The van der Waals surface area contributed by atoms with E-state index in [1.807, 2.05) is 24.5 Å². The van der Waals surface area contributed by atoms with Crippen molar-refractivity contribution in [1.29, 1.82) is 0 Å². The fourth-order valence-corrected chi connectivity index (χ4v) is 1.62. The quantitative estimate of drug-likeness (QED) is 0.713. The maximum atomic E-state index is 3.52. The highest BCUT2D eigenvalue weighted by atomic mass is 79.9. The fourth-order valence-electron chi connectivity index (χ4n) is 1.25. The molecule has 1 aromatic carbocycles. The monoisotopic (exact) mass is 235 g/mol. The molecular weight excluding hydrogens is 226 g/mol. The molecule has 1 heterocycles. The van der Waals surface area contributed by atoms with Crippen molar-refractivity contribution in [3.05, 3.63) is 52.8 Å². The second-order valence-electron chi connectivity index (χ2n) is 3.02. The summed E-state index contributed by atoms with van der Waals surface area (Å²) < 4.78 is 3.24. The lowest BCUT2D eigenvalue weighted by Gasteiger charge is -2.04. The van der Waals surface area contributed by atoms with Crippen LogP contribution in [0.15, 0.2) is 47.2 Å². The highest BCUT2D eigenvalue weighted by Crippen LogP contribution is 2.19. The van der Waals surface area contributed by atoms with Crippen molar-refractivity contribution in [1.82, 2.24) is 4.57 Å². The summed E-state index contributed by atoms with van der Waals surface area (Å²) in [6.07, 6.45) is 4.08. The van der Waals surface area contributed by atoms with Crippen LogP contribution in [0.4, 0.5) is 0 Å². The molecule has 0 aliphatic heterocycles. The molecule has 0 unspecified atom stereocenters. The fraction of sp³-hybridized carbons (Fsp3) is 0.0909. The van der Waals surface area contributed by atoms with Gasteiger partial charge < -0.3 is 4.57 Å². The van der Waals surface area contributed by atoms with Gasteiger partial charge in [-0.3, -0.25) is 0 Å². The number of aryl methyl sites for hydroxylation is 1. The number of nitrogens with zero attached hydrogens (tertiary/aromatic N) is 1.